The summed E-state index contributed by atoms with van der Waals surface area (Å²) in [5, 5.41) is 6.95. The molecular weight excluding hydrogens is 152 g/mol. The highest BCUT2D eigenvalue weighted by Gasteiger charge is 2.14. The summed E-state index contributed by atoms with van der Waals surface area (Å²) < 4.78 is 21.2. The molecule has 0 rings (SSSR count). The van der Waals surface area contributed by atoms with E-state index in [0.717, 1.165) is 0 Å². The lowest BCUT2D eigenvalue weighted by atomic mass is 10.4. The van der Waals surface area contributed by atoms with E-state index in [0.29, 0.717) is 0 Å². The van der Waals surface area contributed by atoms with Gasteiger partial charge in [0.25, 0.3) is 0 Å². The van der Waals surface area contributed by atoms with Crippen molar-refractivity contribution in [3.05, 3.63) is 0 Å². The molecule has 0 bridgehead atoms. The molecule has 0 aromatic heterocycles. The Kier molecular flexibility index (Phi) is 3.27. The van der Waals surface area contributed by atoms with Crippen LogP contribution in [0.15, 0.2) is 0 Å². The third-order valence-electron chi connectivity index (χ3n) is 1.06. The lowest BCUT2D eigenvalue weighted by Crippen LogP contribution is -2.41. The van der Waals surface area contributed by atoms with Crippen molar-refractivity contribution in [2.75, 3.05) is 0 Å². The van der Waals surface area contributed by atoms with E-state index >= 15 is 0 Å². The van der Waals surface area contributed by atoms with Gasteiger partial charge in [-0.2, -0.15) is 0 Å². The first-order valence-corrected chi connectivity index (χ1v) is 4.72. The molecule has 1 unspecified atom stereocenters. The third kappa shape index (κ3) is 3.81. The Morgan fingerprint density at radius 1 is 1.30 bits per heavy atom. The van der Waals surface area contributed by atoms with Crippen LogP contribution in [0, 0.1) is 0 Å². The Morgan fingerprint density at radius 2 is 1.70 bits per heavy atom. The highest BCUT2D eigenvalue weighted by atomic mass is 32.2. The zero-order chi connectivity index (χ0) is 8.36. The van der Waals surface area contributed by atoms with Gasteiger partial charge in [0, 0.05) is 6.04 Å². The summed E-state index contributed by atoms with van der Waals surface area (Å²) in [6, 6.07) is 0.133. The van der Waals surface area contributed by atoms with Crippen LogP contribution in [0.3, 0.4) is 0 Å². The van der Waals surface area contributed by atoms with E-state index in [4.69, 9.17) is 5.14 Å². The molecule has 0 heterocycles. The summed E-state index contributed by atoms with van der Waals surface area (Å²) in [4.78, 5) is 0. The number of sulfonamides is 1. The van der Waals surface area contributed by atoms with Gasteiger partial charge in [0.05, 0.1) is 0 Å². The van der Waals surface area contributed by atoms with Crippen molar-refractivity contribution in [1.29, 1.82) is 0 Å². The molecule has 0 aliphatic carbocycles. The molecule has 3 N–H and O–H groups in total. The SMILES string of the molecule is CC(C)NC(C)S(N)(=O)=O. The number of rotatable bonds is 3. The normalized spacial score (nSPS) is 15.7. The van der Waals surface area contributed by atoms with Crippen molar-refractivity contribution >= 4 is 10.0 Å². The largest absolute Gasteiger partial charge is 0.298 e. The van der Waals surface area contributed by atoms with Crippen LogP contribution in [-0.4, -0.2) is 19.8 Å². The van der Waals surface area contributed by atoms with Crippen LogP contribution in [0.4, 0.5) is 0 Å². The van der Waals surface area contributed by atoms with Crippen LogP contribution < -0.4 is 10.5 Å². The second-order valence-electron chi connectivity index (χ2n) is 2.55. The zero-order valence-electron chi connectivity index (χ0n) is 6.46. The van der Waals surface area contributed by atoms with Crippen LogP contribution >= 0.6 is 0 Å². The Hall–Kier alpha value is -0.130. The molecular formula is C5H14N2O2S. The molecule has 1 atom stereocenters. The molecule has 62 valence electrons. The fraction of sp³-hybridized carbons (Fsp3) is 1.00. The number of nitrogens with one attached hydrogen (secondary N) is 1. The van der Waals surface area contributed by atoms with Crippen LogP contribution in [0.2, 0.25) is 0 Å². The van der Waals surface area contributed by atoms with E-state index in [9.17, 15) is 8.42 Å². The van der Waals surface area contributed by atoms with E-state index in [1.54, 1.807) is 0 Å². The van der Waals surface area contributed by atoms with Crippen LogP contribution in [-0.2, 0) is 10.0 Å². The van der Waals surface area contributed by atoms with Crippen LogP contribution in [0.5, 0.6) is 0 Å². The van der Waals surface area contributed by atoms with E-state index in [-0.39, 0.29) is 6.04 Å². The number of primary sulfonamides is 1. The first-order valence-electron chi connectivity index (χ1n) is 3.11. The quantitative estimate of drug-likeness (QED) is 0.600. The summed E-state index contributed by atoms with van der Waals surface area (Å²) >= 11 is 0. The minimum absolute atomic E-state index is 0.133. The summed E-state index contributed by atoms with van der Waals surface area (Å²) in [5.74, 6) is 0. The van der Waals surface area contributed by atoms with Gasteiger partial charge in [-0.25, -0.2) is 13.6 Å². The third-order valence-corrected chi connectivity index (χ3v) is 2.18. The predicted octanol–water partition coefficient (Wildman–Crippen LogP) is -0.381. The fourth-order valence-electron chi connectivity index (χ4n) is 0.564. The van der Waals surface area contributed by atoms with Crippen molar-refractivity contribution in [3.8, 4) is 0 Å². The van der Waals surface area contributed by atoms with Gasteiger partial charge in [-0.1, -0.05) is 0 Å². The maximum Gasteiger partial charge on any atom is 0.224 e. The molecule has 0 aromatic rings. The monoisotopic (exact) mass is 166 g/mol. The Balaban J connectivity index is 3.99. The topological polar surface area (TPSA) is 72.2 Å². The summed E-state index contributed by atoms with van der Waals surface area (Å²) in [5.41, 5.74) is 0. The lowest BCUT2D eigenvalue weighted by molar-refractivity contribution is 0.530. The standard InChI is InChI=1S/C5H14N2O2S/c1-4(2)7-5(3)10(6,8)9/h4-5,7H,1-3H3,(H2,6,8,9). The maximum atomic E-state index is 10.6. The van der Waals surface area contributed by atoms with Crippen molar-refractivity contribution in [2.24, 2.45) is 5.14 Å². The minimum atomic E-state index is -3.41. The Morgan fingerprint density at radius 3 is 1.80 bits per heavy atom. The summed E-state index contributed by atoms with van der Waals surface area (Å²) in [6.45, 7) is 5.25. The number of hydrogen-bond donors (Lipinski definition) is 2. The molecule has 0 spiro atoms. The Labute approximate surface area is 61.8 Å². The Bertz CT molecular complexity index is 186. The molecule has 4 nitrogen and oxygen atoms in total. The molecule has 5 heteroatoms. The van der Waals surface area contributed by atoms with Crippen LogP contribution in [0.1, 0.15) is 20.8 Å². The highest BCUT2D eigenvalue weighted by molar-refractivity contribution is 7.89. The molecule has 0 amide bonds. The lowest BCUT2D eigenvalue weighted by Gasteiger charge is -2.13. The molecule has 0 saturated carbocycles. The number of hydrogen-bond acceptors (Lipinski definition) is 3. The second kappa shape index (κ2) is 3.32. The fourth-order valence-corrected chi connectivity index (χ4v) is 1.03. The smallest absolute Gasteiger partial charge is 0.224 e. The van der Waals surface area contributed by atoms with Gasteiger partial charge in [0.15, 0.2) is 0 Å². The summed E-state index contributed by atoms with van der Waals surface area (Å²) in [7, 11) is -3.41. The molecule has 10 heavy (non-hydrogen) atoms. The van der Waals surface area contributed by atoms with Crippen LogP contribution in [0.25, 0.3) is 0 Å². The van der Waals surface area contributed by atoms with Gasteiger partial charge < -0.3 is 0 Å². The highest BCUT2D eigenvalue weighted by Crippen LogP contribution is 1.90. The molecule has 0 saturated heterocycles. The predicted molar refractivity (Wildman–Crippen MR) is 40.8 cm³/mol. The van der Waals surface area contributed by atoms with E-state index in [1.807, 2.05) is 13.8 Å². The summed E-state index contributed by atoms with van der Waals surface area (Å²) in [6.07, 6.45) is 0. The van der Waals surface area contributed by atoms with Crippen molar-refractivity contribution < 1.29 is 8.42 Å². The van der Waals surface area contributed by atoms with Gasteiger partial charge in [0.1, 0.15) is 5.37 Å². The first-order chi connectivity index (χ1) is 4.34. The van der Waals surface area contributed by atoms with Gasteiger partial charge in [-0.3, -0.25) is 5.32 Å². The molecule has 0 aliphatic rings. The van der Waals surface area contributed by atoms with Crippen molar-refractivity contribution in [1.82, 2.24) is 5.32 Å². The van der Waals surface area contributed by atoms with Gasteiger partial charge in [-0.05, 0) is 20.8 Å². The van der Waals surface area contributed by atoms with E-state index < -0.39 is 15.4 Å². The molecule has 0 aromatic carbocycles. The molecule has 0 fully saturated rings. The number of nitrogens with two attached hydrogens (primary N) is 1. The van der Waals surface area contributed by atoms with E-state index in [1.165, 1.54) is 6.92 Å². The van der Waals surface area contributed by atoms with E-state index in [2.05, 4.69) is 5.32 Å². The second-order valence-corrected chi connectivity index (χ2v) is 4.44. The molecule has 0 aliphatic heterocycles. The van der Waals surface area contributed by atoms with Gasteiger partial charge >= 0.3 is 0 Å². The van der Waals surface area contributed by atoms with Gasteiger partial charge in [0.2, 0.25) is 10.0 Å². The first kappa shape index (κ1) is 9.87. The average molecular weight is 166 g/mol. The minimum Gasteiger partial charge on any atom is -0.298 e. The molecule has 0 radical (unpaired) electrons. The van der Waals surface area contributed by atoms with Gasteiger partial charge in [-0.15, -0.1) is 0 Å². The maximum absolute atomic E-state index is 10.6. The zero-order valence-corrected chi connectivity index (χ0v) is 7.27. The van der Waals surface area contributed by atoms with Crippen molar-refractivity contribution in [3.63, 3.8) is 0 Å². The van der Waals surface area contributed by atoms with Crippen molar-refractivity contribution in [2.45, 2.75) is 32.2 Å². The average Bonchev–Trinajstić information content (AvgIpc) is 1.60.